The van der Waals surface area contributed by atoms with Gasteiger partial charge in [-0.3, -0.25) is 9.59 Å². The number of rotatable bonds is 15. The molecule has 4 amide bonds. The molecule has 9 rings (SSSR count). The van der Waals surface area contributed by atoms with Gasteiger partial charge in [0.15, 0.2) is 0 Å². The van der Waals surface area contributed by atoms with E-state index >= 15 is 4.39 Å². The van der Waals surface area contributed by atoms with Gasteiger partial charge in [-0.25, -0.2) is 23.9 Å². The maximum absolute atomic E-state index is 17.0. The number of unbranched alkanes of at least 4 members (excludes halogenated alkanes) is 1. The van der Waals surface area contributed by atoms with Crippen LogP contribution in [0, 0.1) is 17.7 Å². The lowest BCUT2D eigenvalue weighted by molar-refractivity contribution is -0.136. The van der Waals surface area contributed by atoms with Crippen molar-refractivity contribution in [1.29, 1.82) is 0 Å². The fraction of sp³-hybridized carbons (Fsp3) is 0.423. The van der Waals surface area contributed by atoms with Gasteiger partial charge >= 0.3 is 12.2 Å². The van der Waals surface area contributed by atoms with Gasteiger partial charge in [0.2, 0.25) is 18.0 Å². The maximum atomic E-state index is 17.0. The van der Waals surface area contributed by atoms with Crippen LogP contribution in [0.5, 0.6) is 11.5 Å². The number of ether oxygens (including phenoxy) is 3. The lowest BCUT2D eigenvalue weighted by Crippen LogP contribution is -2.51. The number of methoxy groups -OCH3 is 1. The number of nitrogens with one attached hydrogen (secondary N) is 4. The Hall–Kier alpha value is -7.37. The molecular formula is C52H60FN9O8. The van der Waals surface area contributed by atoms with Crippen LogP contribution in [0.1, 0.15) is 109 Å². The molecular weight excluding hydrogens is 898 g/mol. The number of aromatic amines is 2. The zero-order chi connectivity index (χ0) is 49.4. The van der Waals surface area contributed by atoms with E-state index in [0.29, 0.717) is 78.2 Å². The van der Waals surface area contributed by atoms with Gasteiger partial charge in [-0.05, 0) is 86.4 Å². The number of alkyl carbamates (subject to hydrolysis) is 1. The minimum atomic E-state index is -1.26. The molecule has 6 aromatic rings. The van der Waals surface area contributed by atoms with Gasteiger partial charge in [-0.15, -0.1) is 0 Å². The summed E-state index contributed by atoms with van der Waals surface area (Å²) >= 11 is 0. The maximum Gasteiger partial charge on any atom is 0.407 e. The molecule has 6 heterocycles. The highest BCUT2D eigenvalue weighted by molar-refractivity contribution is 5.93. The van der Waals surface area contributed by atoms with Crippen LogP contribution < -0.4 is 20.1 Å². The van der Waals surface area contributed by atoms with Gasteiger partial charge in [0, 0.05) is 35.2 Å². The summed E-state index contributed by atoms with van der Waals surface area (Å²) in [6.07, 6.45) is 5.47. The van der Waals surface area contributed by atoms with Crippen LogP contribution >= 0.6 is 0 Å². The number of halogens is 1. The molecule has 2 fully saturated rings. The molecule has 3 aliphatic rings. The van der Waals surface area contributed by atoms with E-state index in [0.717, 1.165) is 53.4 Å². The summed E-state index contributed by atoms with van der Waals surface area (Å²) in [6.45, 7) is 11.0. The van der Waals surface area contributed by atoms with Crippen LogP contribution in [0.15, 0.2) is 73.1 Å². The van der Waals surface area contributed by atoms with E-state index < -0.39 is 42.4 Å². The van der Waals surface area contributed by atoms with Gasteiger partial charge in [0.1, 0.15) is 41.0 Å². The van der Waals surface area contributed by atoms with E-state index in [1.165, 1.54) is 13.2 Å². The molecule has 2 saturated heterocycles. The van der Waals surface area contributed by atoms with Crippen molar-refractivity contribution < 1.29 is 42.9 Å². The molecule has 0 radical (unpaired) electrons. The van der Waals surface area contributed by atoms with Crippen molar-refractivity contribution in [1.82, 2.24) is 44.9 Å². The van der Waals surface area contributed by atoms with Crippen LogP contribution in [0.4, 0.5) is 14.0 Å². The number of fused-ring (bicyclic) bond motifs is 5. The summed E-state index contributed by atoms with van der Waals surface area (Å²) < 4.78 is 36.8. The number of H-pyrrole nitrogens is 2. The molecule has 5 N–H and O–H groups in total. The highest BCUT2D eigenvalue weighted by Crippen LogP contribution is 2.48. The Labute approximate surface area is 405 Å². The predicted octanol–water partition coefficient (Wildman–Crippen LogP) is 9.35. The van der Waals surface area contributed by atoms with E-state index in [4.69, 9.17) is 19.2 Å². The minimum absolute atomic E-state index is 0.163. The Morgan fingerprint density at radius 2 is 1.49 bits per heavy atom. The van der Waals surface area contributed by atoms with E-state index in [1.807, 2.05) is 66.9 Å². The lowest BCUT2D eigenvalue weighted by Gasteiger charge is -2.31. The summed E-state index contributed by atoms with van der Waals surface area (Å²) in [5.74, 6) is 0.754. The minimum Gasteiger partial charge on any atom is -0.494 e. The molecule has 0 spiro atoms. The molecule has 3 aromatic carbocycles. The Balaban J connectivity index is 1.05. The average molecular weight is 958 g/mol. The summed E-state index contributed by atoms with van der Waals surface area (Å²) in [7, 11) is 1.27. The standard InChI is InChI=1S/C52H60FN9O8/c1-7-8-20-69-34-13-9-12-31(22-34)50-62-38-17-16-30(36-26-54-46(56-36)39-14-11-19-61(39)49(64)45(29(4)5)59-52(67)68-6)21-33(38)24-41(62)43-35(53)23-32(25-42(43)70-50)37-27-55-47(57-37)40-15-10-18-60(40)48(63)44(28(2)3)58-51(65)66/h9,12-13,16-17,21-29,39-40,44-45,50,58H,7-8,10-11,14-15,18-20H2,1-6H3,(H,54,56)(H,55,57)(H,59,67)(H,65,66). The Bertz CT molecular complexity index is 2920. The summed E-state index contributed by atoms with van der Waals surface area (Å²) in [6, 6.07) is 16.6. The number of amides is 4. The van der Waals surface area contributed by atoms with Crippen LogP contribution in [0.3, 0.4) is 0 Å². The topological polar surface area (TPSA) is 209 Å². The molecule has 70 heavy (non-hydrogen) atoms. The summed E-state index contributed by atoms with van der Waals surface area (Å²) in [5.41, 5.74) is 5.14. The molecule has 17 nitrogen and oxygen atoms in total. The first kappa shape index (κ1) is 47.7. The molecule has 5 atom stereocenters. The van der Waals surface area contributed by atoms with E-state index in [2.05, 4.69) is 32.5 Å². The second kappa shape index (κ2) is 19.9. The van der Waals surface area contributed by atoms with Gasteiger partial charge in [-0.2, -0.15) is 0 Å². The summed E-state index contributed by atoms with van der Waals surface area (Å²) in [5, 5.41) is 15.4. The first-order valence-electron chi connectivity index (χ1n) is 24.2. The fourth-order valence-corrected chi connectivity index (χ4v) is 10.0. The zero-order valence-electron chi connectivity index (χ0n) is 40.3. The number of hydrogen-bond donors (Lipinski definition) is 5. The second-order valence-corrected chi connectivity index (χ2v) is 19.0. The fourth-order valence-electron chi connectivity index (χ4n) is 10.0. The average Bonchev–Trinajstić information content (AvgIpc) is 4.21. The number of imidazole rings is 2. The van der Waals surface area contributed by atoms with E-state index in [1.54, 1.807) is 42.1 Å². The number of aromatic nitrogens is 5. The van der Waals surface area contributed by atoms with Crippen molar-refractivity contribution in [2.75, 3.05) is 26.8 Å². The molecule has 18 heteroatoms. The zero-order valence-corrected chi connectivity index (χ0v) is 40.3. The third-order valence-electron chi connectivity index (χ3n) is 13.7. The molecule has 3 aromatic heterocycles. The van der Waals surface area contributed by atoms with Crippen molar-refractivity contribution >= 4 is 34.9 Å². The largest absolute Gasteiger partial charge is 0.494 e. The van der Waals surface area contributed by atoms with Crippen LogP contribution in [-0.2, 0) is 14.3 Å². The van der Waals surface area contributed by atoms with Crippen molar-refractivity contribution in [3.05, 3.63) is 96.1 Å². The molecule has 5 unspecified atom stereocenters. The number of carboxylic acid groups (broad SMARTS) is 1. The van der Waals surface area contributed by atoms with Gasteiger partial charge in [0.25, 0.3) is 0 Å². The number of hydrogen-bond acceptors (Lipinski definition) is 9. The van der Waals surface area contributed by atoms with Gasteiger partial charge in [-0.1, -0.05) is 59.2 Å². The monoisotopic (exact) mass is 957 g/mol. The smallest absolute Gasteiger partial charge is 0.407 e. The number of benzene rings is 3. The lowest BCUT2D eigenvalue weighted by atomic mass is 10.0. The second-order valence-electron chi connectivity index (χ2n) is 19.0. The molecule has 0 saturated carbocycles. The Morgan fingerprint density at radius 1 is 0.843 bits per heavy atom. The van der Waals surface area contributed by atoms with E-state index in [-0.39, 0.29) is 29.7 Å². The third-order valence-corrected chi connectivity index (χ3v) is 13.7. The number of carbonyl (C=O) groups excluding carboxylic acids is 3. The van der Waals surface area contributed by atoms with Crippen LogP contribution in [0.25, 0.3) is 44.7 Å². The Kier molecular flexibility index (Phi) is 13.6. The molecule has 368 valence electrons. The number of likely N-dealkylation sites (tertiary alicyclic amines) is 2. The SMILES string of the molecule is CCCCOc1cccc(C2Oc3cc(-c4cnc(C5CCCN5C(=O)C(NC(=O)O)C(C)C)[nH]4)cc(F)c3-c3cc4cc(-c5cnc(C6CCCN6C(=O)C(NC(=O)OC)C(C)C)[nH]5)ccc4n32)c1. The number of carbonyl (C=O) groups is 4. The highest BCUT2D eigenvalue weighted by Gasteiger charge is 2.40. The highest BCUT2D eigenvalue weighted by atomic mass is 19.1. The number of nitrogens with zero attached hydrogens (tertiary/aromatic N) is 5. The van der Waals surface area contributed by atoms with Gasteiger partial charge < -0.3 is 54.3 Å². The molecule has 0 aliphatic carbocycles. The van der Waals surface area contributed by atoms with Crippen molar-refractivity contribution in [2.24, 2.45) is 11.8 Å². The molecule has 0 bridgehead atoms. The van der Waals surface area contributed by atoms with E-state index in [9.17, 15) is 24.3 Å². The predicted molar refractivity (Wildman–Crippen MR) is 259 cm³/mol. The third kappa shape index (κ3) is 9.25. The van der Waals surface area contributed by atoms with Crippen molar-refractivity contribution in [3.63, 3.8) is 0 Å². The van der Waals surface area contributed by atoms with Gasteiger partial charge in [0.05, 0.1) is 66.4 Å². The normalized spacial score (nSPS) is 18.4. The van der Waals surface area contributed by atoms with Crippen molar-refractivity contribution in [3.8, 4) is 45.3 Å². The van der Waals surface area contributed by atoms with Crippen LogP contribution in [-0.4, -0.2) is 102 Å². The molecule has 3 aliphatic heterocycles. The van der Waals surface area contributed by atoms with Crippen LogP contribution in [0.2, 0.25) is 0 Å². The quantitative estimate of drug-likeness (QED) is 0.0616. The first-order chi connectivity index (χ1) is 33.7. The Morgan fingerprint density at radius 3 is 2.10 bits per heavy atom. The van der Waals surface area contributed by atoms with Crippen molar-refractivity contribution in [2.45, 2.75) is 104 Å². The first-order valence-corrected chi connectivity index (χ1v) is 24.2. The summed E-state index contributed by atoms with van der Waals surface area (Å²) in [4.78, 5) is 70.9.